The van der Waals surface area contributed by atoms with Crippen LogP contribution in [0.5, 0.6) is 0 Å². The maximum atomic E-state index is 4.03. The Kier molecular flexibility index (Phi) is 4.21. The first kappa shape index (κ1) is 10.7. The van der Waals surface area contributed by atoms with Crippen LogP contribution in [0.4, 0.5) is 0 Å². The van der Waals surface area contributed by atoms with E-state index in [0.717, 1.165) is 12.5 Å². The quantitative estimate of drug-likeness (QED) is 0.694. The number of hydrogen-bond acceptors (Lipinski definition) is 2. The molecule has 0 saturated heterocycles. The van der Waals surface area contributed by atoms with Crippen LogP contribution in [0.2, 0.25) is 0 Å². The molecule has 0 unspecified atom stereocenters. The smallest absolute Gasteiger partial charge is 0.0945 e. The average Bonchev–Trinajstić information content (AvgIpc) is 2.66. The van der Waals surface area contributed by atoms with Gasteiger partial charge in [0.2, 0.25) is 0 Å². The Bertz CT molecular complexity index is 252. The molecule has 0 amide bonds. The van der Waals surface area contributed by atoms with E-state index in [1.54, 1.807) is 0 Å². The van der Waals surface area contributed by atoms with Crippen LogP contribution >= 0.6 is 0 Å². The number of aromatic nitrogens is 2. The normalized spacial score (nSPS) is 16.5. The highest BCUT2D eigenvalue weighted by Crippen LogP contribution is 2.24. The predicted molar refractivity (Wildman–Crippen MR) is 61.7 cm³/mol. The van der Waals surface area contributed by atoms with Crippen LogP contribution in [0, 0.1) is 5.92 Å². The number of nitrogens with one attached hydrogen (secondary N) is 1. The van der Waals surface area contributed by atoms with Crippen molar-refractivity contribution in [3.63, 3.8) is 0 Å². The summed E-state index contributed by atoms with van der Waals surface area (Å²) in [5, 5.41) is 3.54. The van der Waals surface area contributed by atoms with Gasteiger partial charge in [0.1, 0.15) is 0 Å². The van der Waals surface area contributed by atoms with Crippen LogP contribution in [0.3, 0.4) is 0 Å². The number of rotatable bonds is 7. The molecule has 0 atom stereocenters. The minimum atomic E-state index is 0.985. The van der Waals surface area contributed by atoms with E-state index in [1.165, 1.54) is 45.2 Å². The summed E-state index contributed by atoms with van der Waals surface area (Å²) in [7, 11) is 0. The second-order valence-corrected chi connectivity index (χ2v) is 4.51. The summed E-state index contributed by atoms with van der Waals surface area (Å²) in [6.07, 6.45) is 12.6. The molecular formula is C12H21N3. The van der Waals surface area contributed by atoms with E-state index in [-0.39, 0.29) is 0 Å². The van der Waals surface area contributed by atoms with Crippen LogP contribution in [0.15, 0.2) is 18.7 Å². The average molecular weight is 207 g/mol. The highest BCUT2D eigenvalue weighted by molar-refractivity contribution is 4.74. The zero-order chi connectivity index (χ0) is 10.3. The zero-order valence-corrected chi connectivity index (χ0v) is 9.36. The van der Waals surface area contributed by atoms with Crippen molar-refractivity contribution in [1.82, 2.24) is 14.9 Å². The lowest BCUT2D eigenvalue weighted by Gasteiger charge is -2.25. The molecule has 84 valence electrons. The van der Waals surface area contributed by atoms with Crippen LogP contribution in [-0.2, 0) is 6.54 Å². The molecule has 1 aromatic heterocycles. The largest absolute Gasteiger partial charge is 0.337 e. The molecule has 1 fully saturated rings. The van der Waals surface area contributed by atoms with Gasteiger partial charge in [0, 0.05) is 18.9 Å². The Morgan fingerprint density at radius 1 is 1.33 bits per heavy atom. The van der Waals surface area contributed by atoms with E-state index in [9.17, 15) is 0 Å². The van der Waals surface area contributed by atoms with Crippen LogP contribution < -0.4 is 5.32 Å². The van der Waals surface area contributed by atoms with Crippen LogP contribution in [0.1, 0.15) is 32.1 Å². The second-order valence-electron chi connectivity index (χ2n) is 4.51. The van der Waals surface area contributed by atoms with Gasteiger partial charge in [0.15, 0.2) is 0 Å². The Hall–Kier alpha value is -0.830. The predicted octanol–water partition coefficient (Wildman–Crippen LogP) is 2.05. The lowest BCUT2D eigenvalue weighted by Crippen LogP contribution is -2.28. The summed E-state index contributed by atoms with van der Waals surface area (Å²) >= 11 is 0. The molecule has 0 aromatic carbocycles. The van der Waals surface area contributed by atoms with Gasteiger partial charge in [-0.05, 0) is 44.7 Å². The molecule has 1 aliphatic rings. The van der Waals surface area contributed by atoms with E-state index in [2.05, 4.69) is 14.9 Å². The van der Waals surface area contributed by atoms with Gasteiger partial charge in [-0.3, -0.25) is 0 Å². The first-order chi connectivity index (χ1) is 7.45. The molecule has 1 saturated carbocycles. The molecule has 1 heterocycles. The standard InChI is InChI=1S/C12H21N3/c1(2-8-15-9-7-14-11-15)6-13-10-12-4-3-5-12/h7,9,11-13H,1-6,8,10H2. The lowest BCUT2D eigenvalue weighted by molar-refractivity contribution is 0.301. The molecule has 1 aliphatic carbocycles. The molecule has 3 nitrogen and oxygen atoms in total. The van der Waals surface area contributed by atoms with Crippen molar-refractivity contribution >= 4 is 0 Å². The van der Waals surface area contributed by atoms with Gasteiger partial charge in [-0.25, -0.2) is 4.98 Å². The first-order valence-electron chi connectivity index (χ1n) is 6.11. The molecule has 0 aliphatic heterocycles. The summed E-state index contributed by atoms with van der Waals surface area (Å²) in [6.45, 7) is 3.52. The Labute approximate surface area is 91.9 Å². The minimum Gasteiger partial charge on any atom is -0.337 e. The van der Waals surface area contributed by atoms with Crippen molar-refractivity contribution in [2.45, 2.75) is 38.6 Å². The van der Waals surface area contributed by atoms with Gasteiger partial charge in [-0.2, -0.15) is 0 Å². The van der Waals surface area contributed by atoms with Gasteiger partial charge in [-0.1, -0.05) is 6.42 Å². The summed E-state index contributed by atoms with van der Waals surface area (Å²) in [6, 6.07) is 0. The lowest BCUT2D eigenvalue weighted by atomic mass is 9.85. The molecule has 1 N–H and O–H groups in total. The molecular weight excluding hydrogens is 186 g/mol. The molecule has 0 radical (unpaired) electrons. The molecule has 15 heavy (non-hydrogen) atoms. The Balaban J connectivity index is 1.41. The van der Waals surface area contributed by atoms with E-state index < -0.39 is 0 Å². The van der Waals surface area contributed by atoms with Crippen LogP contribution in [-0.4, -0.2) is 22.6 Å². The molecule has 2 rings (SSSR count). The number of hydrogen-bond donors (Lipinski definition) is 1. The molecule has 3 heteroatoms. The number of nitrogens with zero attached hydrogens (tertiary/aromatic N) is 2. The van der Waals surface area contributed by atoms with Gasteiger partial charge in [-0.15, -0.1) is 0 Å². The maximum absolute atomic E-state index is 4.03. The summed E-state index contributed by atoms with van der Waals surface area (Å²) in [4.78, 5) is 4.03. The number of imidazole rings is 1. The second kappa shape index (κ2) is 5.91. The fraction of sp³-hybridized carbons (Fsp3) is 0.750. The zero-order valence-electron chi connectivity index (χ0n) is 9.36. The van der Waals surface area contributed by atoms with E-state index in [4.69, 9.17) is 0 Å². The third kappa shape index (κ3) is 3.67. The third-order valence-electron chi connectivity index (χ3n) is 3.24. The van der Waals surface area contributed by atoms with Gasteiger partial charge in [0.05, 0.1) is 6.33 Å². The molecule has 0 spiro atoms. The Morgan fingerprint density at radius 2 is 2.27 bits per heavy atom. The Morgan fingerprint density at radius 3 is 2.93 bits per heavy atom. The number of unbranched alkanes of at least 4 members (excludes halogenated alkanes) is 1. The minimum absolute atomic E-state index is 0.985. The fourth-order valence-electron chi connectivity index (χ4n) is 1.97. The SMILES string of the molecule is c1cn(CCCCNCC2CCC2)cn1. The molecule has 0 bridgehead atoms. The van der Waals surface area contributed by atoms with Crippen molar-refractivity contribution in [3.05, 3.63) is 18.7 Å². The molecule has 1 aromatic rings. The topological polar surface area (TPSA) is 29.9 Å². The monoisotopic (exact) mass is 207 g/mol. The summed E-state index contributed by atoms with van der Waals surface area (Å²) in [5.74, 6) is 0.985. The van der Waals surface area contributed by atoms with E-state index >= 15 is 0 Å². The van der Waals surface area contributed by atoms with E-state index in [0.29, 0.717) is 0 Å². The van der Waals surface area contributed by atoms with Crippen LogP contribution in [0.25, 0.3) is 0 Å². The van der Waals surface area contributed by atoms with Crippen molar-refractivity contribution in [2.24, 2.45) is 5.92 Å². The summed E-state index contributed by atoms with van der Waals surface area (Å²) < 4.78 is 2.14. The van der Waals surface area contributed by atoms with Crippen molar-refractivity contribution in [2.75, 3.05) is 13.1 Å². The van der Waals surface area contributed by atoms with Crippen molar-refractivity contribution in [1.29, 1.82) is 0 Å². The summed E-state index contributed by atoms with van der Waals surface area (Å²) in [5.41, 5.74) is 0. The van der Waals surface area contributed by atoms with Crippen molar-refractivity contribution < 1.29 is 0 Å². The van der Waals surface area contributed by atoms with Gasteiger partial charge >= 0.3 is 0 Å². The third-order valence-corrected chi connectivity index (χ3v) is 3.24. The fourth-order valence-corrected chi connectivity index (χ4v) is 1.97. The maximum Gasteiger partial charge on any atom is 0.0945 e. The highest BCUT2D eigenvalue weighted by Gasteiger charge is 2.15. The van der Waals surface area contributed by atoms with E-state index in [1.807, 2.05) is 18.7 Å². The van der Waals surface area contributed by atoms with Gasteiger partial charge in [0.25, 0.3) is 0 Å². The first-order valence-corrected chi connectivity index (χ1v) is 6.11. The highest BCUT2D eigenvalue weighted by atomic mass is 15.0. The number of aryl methyl sites for hydroxylation is 1. The van der Waals surface area contributed by atoms with Crippen molar-refractivity contribution in [3.8, 4) is 0 Å². The van der Waals surface area contributed by atoms with Gasteiger partial charge < -0.3 is 9.88 Å².